The number of halogens is 1. The summed E-state index contributed by atoms with van der Waals surface area (Å²) in [6, 6.07) is 25.8. The van der Waals surface area contributed by atoms with Gasteiger partial charge in [-0.05, 0) is 47.7 Å². The molecule has 0 radical (unpaired) electrons. The average Bonchev–Trinajstić information content (AvgIpc) is 3.01. The molecule has 4 aromatic carbocycles. The molecule has 5 rings (SSSR count). The normalized spacial score (nSPS) is 11.0. The van der Waals surface area contributed by atoms with Gasteiger partial charge < -0.3 is 19.5 Å². The number of nitrogens with zero attached hydrogens (tertiary/aromatic N) is 2. The van der Waals surface area contributed by atoms with Crippen molar-refractivity contribution in [3.8, 4) is 0 Å². The van der Waals surface area contributed by atoms with Crippen LogP contribution in [0.15, 0.2) is 106 Å². The Morgan fingerprint density at radius 1 is 0.833 bits per heavy atom. The smallest absolute Gasteiger partial charge is 0.322 e. The number of carbonyl (C=O) groups excluding carboxylic acids is 2. The standard InChI is InChI=1S/C34H32FN3O4/c1-2-3-19-37(34(41)36-30-13-8-10-25-9-4-5-11-28(25)30)22-32(39)38(20-24-15-17-27(35)18-16-24)21-26-23-42-31-14-7-6-12-29(31)33(26)40/h4-18,23H,2-3,19-22H2,1H3,(H,36,41). The summed E-state index contributed by atoms with van der Waals surface area (Å²) >= 11 is 0. The van der Waals surface area contributed by atoms with Crippen molar-refractivity contribution in [1.82, 2.24) is 9.80 Å². The summed E-state index contributed by atoms with van der Waals surface area (Å²) in [6.07, 6.45) is 2.92. The summed E-state index contributed by atoms with van der Waals surface area (Å²) in [6.45, 7) is 2.29. The number of hydrogen-bond donors (Lipinski definition) is 1. The van der Waals surface area contributed by atoms with Gasteiger partial charge in [-0.1, -0.05) is 74.0 Å². The first-order valence-corrected chi connectivity index (χ1v) is 14.0. The lowest BCUT2D eigenvalue weighted by Gasteiger charge is -2.28. The Bertz CT molecular complexity index is 1760. The van der Waals surface area contributed by atoms with Crippen molar-refractivity contribution < 1.29 is 18.4 Å². The highest BCUT2D eigenvalue weighted by Gasteiger charge is 2.23. The Kier molecular flexibility index (Phi) is 8.92. The van der Waals surface area contributed by atoms with Crippen LogP contribution in [0.3, 0.4) is 0 Å². The molecule has 214 valence electrons. The van der Waals surface area contributed by atoms with E-state index in [0.29, 0.717) is 40.7 Å². The lowest BCUT2D eigenvalue weighted by Crippen LogP contribution is -2.44. The quantitative estimate of drug-likeness (QED) is 0.199. The Labute approximate surface area is 243 Å². The van der Waals surface area contributed by atoms with Crippen molar-refractivity contribution >= 4 is 39.4 Å². The van der Waals surface area contributed by atoms with Gasteiger partial charge in [0.05, 0.1) is 29.4 Å². The second-order valence-electron chi connectivity index (χ2n) is 10.2. The first kappa shape index (κ1) is 28.5. The molecule has 1 aromatic heterocycles. The third-order valence-corrected chi connectivity index (χ3v) is 7.18. The molecular formula is C34H32FN3O4. The molecule has 0 unspecified atom stereocenters. The number of rotatable bonds is 10. The van der Waals surface area contributed by atoms with E-state index in [1.165, 1.54) is 28.2 Å². The van der Waals surface area contributed by atoms with Gasteiger partial charge in [0.15, 0.2) is 5.43 Å². The predicted octanol–water partition coefficient (Wildman–Crippen LogP) is 6.95. The first-order valence-electron chi connectivity index (χ1n) is 14.0. The zero-order chi connectivity index (χ0) is 29.5. The Morgan fingerprint density at radius 3 is 2.33 bits per heavy atom. The number of carbonyl (C=O) groups is 2. The molecular weight excluding hydrogens is 533 g/mol. The van der Waals surface area contributed by atoms with Crippen molar-refractivity contribution in [3.63, 3.8) is 0 Å². The molecule has 0 saturated heterocycles. The topological polar surface area (TPSA) is 82.9 Å². The van der Waals surface area contributed by atoms with Crippen LogP contribution < -0.4 is 10.7 Å². The number of urea groups is 1. The van der Waals surface area contributed by atoms with Crippen molar-refractivity contribution in [2.24, 2.45) is 0 Å². The second kappa shape index (κ2) is 13.1. The molecule has 0 aliphatic carbocycles. The molecule has 0 aliphatic rings. The number of unbranched alkanes of at least 4 members (excludes halogenated alkanes) is 1. The molecule has 7 nitrogen and oxygen atoms in total. The molecule has 0 aliphatic heterocycles. The summed E-state index contributed by atoms with van der Waals surface area (Å²) in [7, 11) is 0. The summed E-state index contributed by atoms with van der Waals surface area (Å²) in [5.74, 6) is -0.737. The van der Waals surface area contributed by atoms with Gasteiger partial charge in [0.25, 0.3) is 0 Å². The average molecular weight is 566 g/mol. The van der Waals surface area contributed by atoms with Gasteiger partial charge in [-0.3, -0.25) is 9.59 Å². The van der Waals surface area contributed by atoms with Gasteiger partial charge in [-0.15, -0.1) is 0 Å². The highest BCUT2D eigenvalue weighted by molar-refractivity contribution is 6.02. The van der Waals surface area contributed by atoms with Crippen LogP contribution in [0.25, 0.3) is 21.7 Å². The maximum atomic E-state index is 13.8. The summed E-state index contributed by atoms with van der Waals surface area (Å²) in [4.78, 5) is 43.6. The van der Waals surface area contributed by atoms with Gasteiger partial charge >= 0.3 is 6.03 Å². The third kappa shape index (κ3) is 6.66. The molecule has 3 amide bonds. The van der Waals surface area contributed by atoms with E-state index in [1.807, 2.05) is 49.4 Å². The second-order valence-corrected chi connectivity index (χ2v) is 10.2. The highest BCUT2D eigenvalue weighted by Crippen LogP contribution is 2.23. The number of fused-ring (bicyclic) bond motifs is 2. The van der Waals surface area contributed by atoms with Gasteiger partial charge in [0, 0.05) is 18.5 Å². The Hall–Kier alpha value is -4.98. The Balaban J connectivity index is 1.41. The number of nitrogens with one attached hydrogen (secondary N) is 1. The fraction of sp³-hybridized carbons (Fsp3) is 0.206. The van der Waals surface area contributed by atoms with E-state index in [-0.39, 0.29) is 42.8 Å². The van der Waals surface area contributed by atoms with E-state index < -0.39 is 0 Å². The fourth-order valence-corrected chi connectivity index (χ4v) is 4.87. The number of anilines is 1. The van der Waals surface area contributed by atoms with E-state index in [2.05, 4.69) is 5.32 Å². The molecule has 5 aromatic rings. The molecule has 42 heavy (non-hydrogen) atoms. The Morgan fingerprint density at radius 2 is 1.55 bits per heavy atom. The monoisotopic (exact) mass is 565 g/mol. The summed E-state index contributed by atoms with van der Waals surface area (Å²) < 4.78 is 19.3. The van der Waals surface area contributed by atoms with Gasteiger partial charge in [0.2, 0.25) is 5.91 Å². The highest BCUT2D eigenvalue weighted by atomic mass is 19.1. The molecule has 0 saturated carbocycles. The van der Waals surface area contributed by atoms with Crippen molar-refractivity contribution in [1.29, 1.82) is 0 Å². The molecule has 0 spiro atoms. The van der Waals surface area contributed by atoms with Crippen molar-refractivity contribution in [2.45, 2.75) is 32.9 Å². The van der Waals surface area contributed by atoms with Crippen LogP contribution in [0.1, 0.15) is 30.9 Å². The maximum Gasteiger partial charge on any atom is 0.322 e. The molecule has 0 bridgehead atoms. The third-order valence-electron chi connectivity index (χ3n) is 7.18. The summed E-state index contributed by atoms with van der Waals surface area (Å²) in [5.41, 5.74) is 1.88. The number of para-hydroxylation sites is 1. The first-order chi connectivity index (χ1) is 20.4. The maximum absolute atomic E-state index is 13.8. The lowest BCUT2D eigenvalue weighted by atomic mass is 10.1. The van der Waals surface area contributed by atoms with Crippen molar-refractivity contribution in [3.05, 3.63) is 124 Å². The van der Waals surface area contributed by atoms with Gasteiger partial charge in [0.1, 0.15) is 17.9 Å². The van der Waals surface area contributed by atoms with Crippen LogP contribution in [0.4, 0.5) is 14.9 Å². The molecule has 8 heteroatoms. The minimum Gasteiger partial charge on any atom is -0.464 e. The fourth-order valence-electron chi connectivity index (χ4n) is 4.87. The minimum atomic E-state index is -0.389. The van der Waals surface area contributed by atoms with Crippen LogP contribution in [0.2, 0.25) is 0 Å². The van der Waals surface area contributed by atoms with Crippen LogP contribution in [0.5, 0.6) is 0 Å². The molecule has 1 N–H and O–H groups in total. The van der Waals surface area contributed by atoms with Crippen LogP contribution in [-0.2, 0) is 17.9 Å². The molecule has 1 heterocycles. The minimum absolute atomic E-state index is 0.0318. The van der Waals surface area contributed by atoms with Crippen LogP contribution in [0, 0.1) is 5.82 Å². The lowest BCUT2D eigenvalue weighted by molar-refractivity contribution is -0.133. The van der Waals surface area contributed by atoms with Crippen LogP contribution >= 0.6 is 0 Å². The zero-order valence-corrected chi connectivity index (χ0v) is 23.4. The zero-order valence-electron chi connectivity index (χ0n) is 23.4. The number of hydrogen-bond acceptors (Lipinski definition) is 4. The molecule has 0 fully saturated rings. The SMILES string of the molecule is CCCCN(CC(=O)N(Cc1ccc(F)cc1)Cc1coc2ccccc2c1=O)C(=O)Nc1cccc2ccccc12. The summed E-state index contributed by atoms with van der Waals surface area (Å²) in [5, 5.41) is 5.29. The van der Waals surface area contributed by atoms with E-state index in [4.69, 9.17) is 4.42 Å². The van der Waals surface area contributed by atoms with E-state index in [0.717, 1.165) is 17.2 Å². The van der Waals surface area contributed by atoms with E-state index in [1.54, 1.807) is 36.4 Å². The molecule has 0 atom stereocenters. The van der Waals surface area contributed by atoms with Gasteiger partial charge in [-0.2, -0.15) is 0 Å². The van der Waals surface area contributed by atoms with E-state index >= 15 is 0 Å². The number of amides is 3. The van der Waals surface area contributed by atoms with E-state index in [9.17, 15) is 18.8 Å². The largest absolute Gasteiger partial charge is 0.464 e. The predicted molar refractivity (Wildman–Crippen MR) is 163 cm³/mol. The van der Waals surface area contributed by atoms with Crippen molar-refractivity contribution in [2.75, 3.05) is 18.4 Å². The van der Waals surface area contributed by atoms with Crippen LogP contribution in [-0.4, -0.2) is 34.8 Å². The number of benzene rings is 4. The van der Waals surface area contributed by atoms with Gasteiger partial charge in [-0.25, -0.2) is 9.18 Å².